The van der Waals surface area contributed by atoms with Gasteiger partial charge in [-0.15, -0.1) is 0 Å². The Bertz CT molecular complexity index is 878. The molecule has 8 nitrogen and oxygen atoms in total. The second-order valence-corrected chi connectivity index (χ2v) is 6.42. The van der Waals surface area contributed by atoms with E-state index in [1.165, 1.54) is 17.7 Å². The fraction of sp³-hybridized carbons (Fsp3) is 0.300. The van der Waals surface area contributed by atoms with Crippen LogP contribution in [0, 0.1) is 17.0 Å². The van der Waals surface area contributed by atoms with Gasteiger partial charge in [-0.3, -0.25) is 14.9 Å². The van der Waals surface area contributed by atoms with Gasteiger partial charge in [0.2, 0.25) is 0 Å². The highest BCUT2D eigenvalue weighted by molar-refractivity contribution is 5.87. The highest BCUT2D eigenvalue weighted by atomic mass is 16.6. The quantitative estimate of drug-likeness (QED) is 0.409. The average molecular weight is 385 g/mol. The lowest BCUT2D eigenvalue weighted by molar-refractivity contribution is -0.384. The van der Waals surface area contributed by atoms with Crippen molar-refractivity contribution in [1.82, 2.24) is 5.43 Å². The minimum absolute atomic E-state index is 0.133. The minimum atomic E-state index is -0.567. The summed E-state index contributed by atoms with van der Waals surface area (Å²) in [5.41, 5.74) is 3.76. The standard InChI is InChI=1S/C20H23N3O5/c1-4-13(2)15-5-7-18(8-6-15)28-12-19(24)22-21-11-16-10-17(23(26)27)9-14(3)20(16)25/h5-11,13,25H,4,12H2,1-3H3,(H,22,24)/t13-/m0/s1. The Kier molecular flexibility index (Phi) is 7.08. The smallest absolute Gasteiger partial charge is 0.277 e. The van der Waals surface area contributed by atoms with Crippen molar-refractivity contribution < 1.29 is 19.6 Å². The first-order valence-corrected chi connectivity index (χ1v) is 8.84. The number of hydrogen-bond donors (Lipinski definition) is 2. The van der Waals surface area contributed by atoms with E-state index >= 15 is 0 Å². The minimum Gasteiger partial charge on any atom is -0.507 e. The third-order valence-corrected chi connectivity index (χ3v) is 4.35. The molecule has 0 heterocycles. The van der Waals surface area contributed by atoms with Gasteiger partial charge in [-0.05, 0) is 42.5 Å². The SMILES string of the molecule is CC[C@H](C)c1ccc(OCC(=O)NN=Cc2cc([N+](=O)[O-])cc(C)c2O)cc1. The number of benzene rings is 2. The number of hydrogen-bond acceptors (Lipinski definition) is 6. The van der Waals surface area contributed by atoms with E-state index in [1.54, 1.807) is 6.92 Å². The second-order valence-electron chi connectivity index (χ2n) is 6.42. The number of phenols is 1. The number of carbonyl (C=O) groups is 1. The van der Waals surface area contributed by atoms with Crippen molar-refractivity contribution in [3.63, 3.8) is 0 Å². The van der Waals surface area contributed by atoms with Gasteiger partial charge in [0, 0.05) is 17.7 Å². The molecule has 0 aliphatic carbocycles. The van der Waals surface area contributed by atoms with E-state index < -0.39 is 10.8 Å². The molecule has 0 aliphatic heterocycles. The summed E-state index contributed by atoms with van der Waals surface area (Å²) in [6, 6.07) is 9.98. The lowest BCUT2D eigenvalue weighted by Crippen LogP contribution is -2.24. The number of nitro benzene ring substituents is 1. The van der Waals surface area contributed by atoms with Gasteiger partial charge >= 0.3 is 0 Å². The molecule has 2 aromatic rings. The molecule has 0 spiro atoms. The topological polar surface area (TPSA) is 114 Å². The maximum absolute atomic E-state index is 11.8. The summed E-state index contributed by atoms with van der Waals surface area (Å²) < 4.78 is 5.41. The van der Waals surface area contributed by atoms with Crippen LogP contribution in [0.4, 0.5) is 5.69 Å². The lowest BCUT2D eigenvalue weighted by atomic mass is 9.99. The van der Waals surface area contributed by atoms with Crippen molar-refractivity contribution in [2.24, 2.45) is 5.10 Å². The second kappa shape index (κ2) is 9.50. The van der Waals surface area contributed by atoms with Crippen LogP contribution in [0.5, 0.6) is 11.5 Å². The van der Waals surface area contributed by atoms with Crippen LogP contribution in [0.3, 0.4) is 0 Å². The van der Waals surface area contributed by atoms with Crippen LogP contribution in [0.15, 0.2) is 41.5 Å². The van der Waals surface area contributed by atoms with Crippen LogP contribution < -0.4 is 10.2 Å². The van der Waals surface area contributed by atoms with E-state index in [4.69, 9.17) is 4.74 Å². The maximum atomic E-state index is 11.8. The van der Waals surface area contributed by atoms with Gasteiger partial charge in [0.1, 0.15) is 11.5 Å². The number of amides is 1. The molecule has 2 aromatic carbocycles. The van der Waals surface area contributed by atoms with Crippen molar-refractivity contribution in [3.8, 4) is 11.5 Å². The van der Waals surface area contributed by atoms with E-state index in [0.717, 1.165) is 12.6 Å². The fourth-order valence-corrected chi connectivity index (χ4v) is 2.47. The number of hydrazone groups is 1. The molecule has 0 aromatic heterocycles. The zero-order valence-electron chi connectivity index (χ0n) is 16.0. The number of non-ortho nitro benzene ring substituents is 1. The Balaban J connectivity index is 1.91. The first kappa shape index (κ1) is 20.9. The summed E-state index contributed by atoms with van der Waals surface area (Å²) >= 11 is 0. The number of carbonyl (C=O) groups excluding carboxylic acids is 1. The summed E-state index contributed by atoms with van der Waals surface area (Å²) in [7, 11) is 0. The molecular formula is C20H23N3O5. The van der Waals surface area contributed by atoms with Crippen LogP contribution in [0.2, 0.25) is 0 Å². The molecule has 8 heteroatoms. The van der Waals surface area contributed by atoms with Crippen molar-refractivity contribution >= 4 is 17.8 Å². The predicted molar refractivity (Wildman–Crippen MR) is 106 cm³/mol. The molecule has 28 heavy (non-hydrogen) atoms. The van der Waals surface area contributed by atoms with Crippen LogP contribution in [-0.4, -0.2) is 28.8 Å². The van der Waals surface area contributed by atoms with E-state index in [9.17, 15) is 20.0 Å². The Labute approximate surface area is 163 Å². The monoisotopic (exact) mass is 385 g/mol. The molecular weight excluding hydrogens is 362 g/mol. The van der Waals surface area contributed by atoms with Crippen molar-refractivity contribution in [3.05, 3.63) is 63.2 Å². The van der Waals surface area contributed by atoms with Crippen LogP contribution in [0.25, 0.3) is 0 Å². The lowest BCUT2D eigenvalue weighted by Gasteiger charge is -2.10. The van der Waals surface area contributed by atoms with Crippen molar-refractivity contribution in [2.75, 3.05) is 6.61 Å². The molecule has 2 rings (SSSR count). The number of nitrogens with zero attached hydrogens (tertiary/aromatic N) is 2. The largest absolute Gasteiger partial charge is 0.507 e. The number of rotatable bonds is 8. The first-order chi connectivity index (χ1) is 13.3. The van der Waals surface area contributed by atoms with Gasteiger partial charge in [-0.25, -0.2) is 5.43 Å². The van der Waals surface area contributed by atoms with Crippen molar-refractivity contribution in [2.45, 2.75) is 33.1 Å². The van der Waals surface area contributed by atoms with Gasteiger partial charge in [-0.1, -0.05) is 26.0 Å². The van der Waals surface area contributed by atoms with Crippen LogP contribution in [0.1, 0.15) is 42.9 Å². The Morgan fingerprint density at radius 1 is 1.36 bits per heavy atom. The molecule has 0 bridgehead atoms. The molecule has 1 amide bonds. The third kappa shape index (κ3) is 5.54. The number of ether oxygens (including phenoxy) is 1. The molecule has 1 atom stereocenters. The number of nitro groups is 1. The molecule has 0 saturated heterocycles. The number of aromatic hydroxyl groups is 1. The van der Waals surface area contributed by atoms with Crippen molar-refractivity contribution in [1.29, 1.82) is 0 Å². The molecule has 0 saturated carbocycles. The maximum Gasteiger partial charge on any atom is 0.277 e. The number of aryl methyl sites for hydroxylation is 1. The van der Waals surface area contributed by atoms with E-state index in [-0.39, 0.29) is 23.6 Å². The number of nitrogens with one attached hydrogen (secondary N) is 1. The zero-order chi connectivity index (χ0) is 20.7. The third-order valence-electron chi connectivity index (χ3n) is 4.35. The summed E-state index contributed by atoms with van der Waals surface area (Å²) in [5.74, 6) is 0.392. The number of phenolic OH excluding ortho intramolecular Hbond substituents is 1. The molecule has 0 aliphatic rings. The van der Waals surface area contributed by atoms with Gasteiger partial charge in [0.05, 0.1) is 11.1 Å². The zero-order valence-corrected chi connectivity index (χ0v) is 16.0. The van der Waals surface area contributed by atoms with Crippen LogP contribution in [-0.2, 0) is 4.79 Å². The summed E-state index contributed by atoms with van der Waals surface area (Å²) in [6.07, 6.45) is 2.19. The van der Waals surface area contributed by atoms with Gasteiger partial charge < -0.3 is 9.84 Å². The summed E-state index contributed by atoms with van der Waals surface area (Å²) in [5, 5.41) is 24.6. The molecule has 148 valence electrons. The molecule has 0 unspecified atom stereocenters. The Hall–Kier alpha value is -3.42. The van der Waals surface area contributed by atoms with E-state index in [0.29, 0.717) is 17.2 Å². The van der Waals surface area contributed by atoms with Gasteiger partial charge in [0.15, 0.2) is 6.61 Å². The highest BCUT2D eigenvalue weighted by Gasteiger charge is 2.12. The normalized spacial score (nSPS) is 12.0. The molecule has 0 radical (unpaired) electrons. The Morgan fingerprint density at radius 2 is 2.04 bits per heavy atom. The highest BCUT2D eigenvalue weighted by Crippen LogP contribution is 2.26. The fourth-order valence-electron chi connectivity index (χ4n) is 2.47. The summed E-state index contributed by atoms with van der Waals surface area (Å²) in [4.78, 5) is 22.2. The predicted octanol–water partition coefficient (Wildman–Crippen LogP) is 3.65. The van der Waals surface area contributed by atoms with Gasteiger partial charge in [-0.2, -0.15) is 5.10 Å². The van der Waals surface area contributed by atoms with Gasteiger partial charge in [0.25, 0.3) is 11.6 Å². The van der Waals surface area contributed by atoms with Crippen LogP contribution >= 0.6 is 0 Å². The van der Waals surface area contributed by atoms with E-state index in [2.05, 4.69) is 24.4 Å². The first-order valence-electron chi connectivity index (χ1n) is 8.84. The Morgan fingerprint density at radius 3 is 2.64 bits per heavy atom. The molecule has 0 fully saturated rings. The average Bonchev–Trinajstić information content (AvgIpc) is 2.69. The summed E-state index contributed by atoms with van der Waals surface area (Å²) in [6.45, 7) is 5.56. The molecule has 2 N–H and O–H groups in total. The van der Waals surface area contributed by atoms with E-state index in [1.807, 2.05) is 24.3 Å².